The van der Waals surface area contributed by atoms with E-state index in [9.17, 15) is 4.79 Å². The average molecular weight is 292 g/mol. The number of nitrogens with one attached hydrogen (secondary N) is 1. The topological polar surface area (TPSA) is 58.1 Å². The number of aryl methyl sites for hydroxylation is 1. The summed E-state index contributed by atoms with van der Waals surface area (Å²) in [7, 11) is 1.87. The quantitative estimate of drug-likeness (QED) is 0.943. The van der Waals surface area contributed by atoms with Crippen molar-refractivity contribution in [3.8, 4) is 0 Å². The Morgan fingerprint density at radius 2 is 2.10 bits per heavy atom. The molecule has 20 heavy (non-hydrogen) atoms. The molecule has 5 nitrogen and oxygen atoms in total. The van der Waals surface area contributed by atoms with Gasteiger partial charge in [0.05, 0.1) is 11.9 Å². The molecule has 2 heterocycles. The molecular weight excluding hydrogens is 272 g/mol. The molecule has 108 valence electrons. The van der Waals surface area contributed by atoms with Crippen LogP contribution in [-0.4, -0.2) is 35.0 Å². The molecule has 0 aromatic carbocycles. The molecule has 0 fully saturated rings. The van der Waals surface area contributed by atoms with Crippen LogP contribution in [0.1, 0.15) is 25.6 Å². The van der Waals surface area contributed by atoms with Crippen molar-refractivity contribution in [1.29, 1.82) is 0 Å². The molecular formula is C14H20N4OS. The third kappa shape index (κ3) is 3.45. The van der Waals surface area contributed by atoms with Crippen LogP contribution in [0.2, 0.25) is 0 Å². The van der Waals surface area contributed by atoms with Crippen LogP contribution in [0.4, 0.5) is 5.82 Å². The van der Waals surface area contributed by atoms with E-state index < -0.39 is 0 Å². The number of anilines is 1. The predicted octanol–water partition coefficient (Wildman–Crippen LogP) is 2.35. The van der Waals surface area contributed by atoms with Gasteiger partial charge in [0.1, 0.15) is 17.0 Å². The molecule has 6 heteroatoms. The first-order valence-corrected chi connectivity index (χ1v) is 7.31. The van der Waals surface area contributed by atoms with Crippen molar-refractivity contribution in [2.45, 2.75) is 33.2 Å². The van der Waals surface area contributed by atoms with Crippen LogP contribution in [0.25, 0.3) is 10.2 Å². The number of fused-ring (bicyclic) bond motifs is 1. The third-order valence-electron chi connectivity index (χ3n) is 2.69. The Kier molecular flexibility index (Phi) is 3.94. The predicted molar refractivity (Wildman–Crippen MR) is 83.3 cm³/mol. The molecule has 0 atom stereocenters. The van der Waals surface area contributed by atoms with Gasteiger partial charge in [-0.15, -0.1) is 11.3 Å². The number of carbonyl (C=O) groups excluding carboxylic acids is 1. The molecule has 2 aromatic rings. The van der Waals surface area contributed by atoms with E-state index in [0.29, 0.717) is 0 Å². The molecule has 2 rings (SSSR count). The number of likely N-dealkylation sites (N-methyl/N-ethyl adjacent to an activating group) is 1. The van der Waals surface area contributed by atoms with Gasteiger partial charge in [-0.2, -0.15) is 0 Å². The SMILES string of the molecule is Cc1cc2c(N(C)CC(=O)NC(C)(C)C)ncnc2s1. The molecule has 2 aromatic heterocycles. The highest BCUT2D eigenvalue weighted by Gasteiger charge is 2.17. The number of carbonyl (C=O) groups is 1. The van der Waals surface area contributed by atoms with Gasteiger partial charge < -0.3 is 10.2 Å². The maximum absolute atomic E-state index is 12.0. The number of rotatable bonds is 3. The highest BCUT2D eigenvalue weighted by molar-refractivity contribution is 7.18. The molecule has 0 aliphatic heterocycles. The minimum atomic E-state index is -0.224. The van der Waals surface area contributed by atoms with Gasteiger partial charge in [-0.3, -0.25) is 4.79 Å². The number of nitrogens with zero attached hydrogens (tertiary/aromatic N) is 3. The van der Waals surface area contributed by atoms with Gasteiger partial charge in [0.15, 0.2) is 0 Å². The Morgan fingerprint density at radius 1 is 1.40 bits per heavy atom. The molecule has 0 saturated carbocycles. The molecule has 1 amide bonds. The van der Waals surface area contributed by atoms with E-state index in [2.05, 4.69) is 21.4 Å². The summed E-state index contributed by atoms with van der Waals surface area (Å²) in [4.78, 5) is 24.6. The van der Waals surface area contributed by atoms with E-state index in [1.165, 1.54) is 4.88 Å². The van der Waals surface area contributed by atoms with Crippen LogP contribution in [-0.2, 0) is 4.79 Å². The van der Waals surface area contributed by atoms with Crippen LogP contribution in [0.3, 0.4) is 0 Å². The molecule has 0 bridgehead atoms. The maximum atomic E-state index is 12.0. The van der Waals surface area contributed by atoms with Crippen molar-refractivity contribution in [3.05, 3.63) is 17.3 Å². The zero-order valence-electron chi connectivity index (χ0n) is 12.5. The fourth-order valence-corrected chi connectivity index (χ4v) is 2.86. The van der Waals surface area contributed by atoms with Gasteiger partial charge >= 0.3 is 0 Å². The molecule has 0 aliphatic carbocycles. The first kappa shape index (κ1) is 14.7. The lowest BCUT2D eigenvalue weighted by Crippen LogP contribution is -2.45. The zero-order valence-corrected chi connectivity index (χ0v) is 13.3. The Morgan fingerprint density at radius 3 is 2.75 bits per heavy atom. The van der Waals surface area contributed by atoms with Gasteiger partial charge in [0, 0.05) is 17.5 Å². The average Bonchev–Trinajstić information content (AvgIpc) is 2.65. The molecule has 0 saturated heterocycles. The van der Waals surface area contributed by atoms with Crippen LogP contribution >= 0.6 is 11.3 Å². The highest BCUT2D eigenvalue weighted by Crippen LogP contribution is 2.28. The molecule has 0 unspecified atom stereocenters. The maximum Gasteiger partial charge on any atom is 0.239 e. The summed E-state index contributed by atoms with van der Waals surface area (Å²) < 4.78 is 0. The Hall–Kier alpha value is -1.69. The fraction of sp³-hybridized carbons (Fsp3) is 0.500. The Balaban J connectivity index is 2.19. The van der Waals surface area contributed by atoms with Crippen molar-refractivity contribution in [3.63, 3.8) is 0 Å². The van der Waals surface area contributed by atoms with Gasteiger partial charge in [0.25, 0.3) is 0 Å². The molecule has 0 radical (unpaired) electrons. The monoisotopic (exact) mass is 292 g/mol. The second-order valence-electron chi connectivity index (χ2n) is 5.93. The highest BCUT2D eigenvalue weighted by atomic mass is 32.1. The summed E-state index contributed by atoms with van der Waals surface area (Å²) in [6, 6.07) is 2.06. The first-order chi connectivity index (χ1) is 9.26. The van der Waals surface area contributed by atoms with Gasteiger partial charge in [-0.05, 0) is 33.8 Å². The summed E-state index contributed by atoms with van der Waals surface area (Å²) in [6.45, 7) is 8.22. The smallest absolute Gasteiger partial charge is 0.239 e. The second kappa shape index (κ2) is 5.36. The molecule has 1 N–H and O–H groups in total. The molecule has 0 aliphatic rings. The van der Waals surface area contributed by atoms with Gasteiger partial charge in [0.2, 0.25) is 5.91 Å². The van der Waals surface area contributed by atoms with E-state index in [4.69, 9.17) is 0 Å². The summed E-state index contributed by atoms with van der Waals surface area (Å²) in [5, 5.41) is 3.95. The minimum Gasteiger partial charge on any atom is -0.350 e. The number of hydrogen-bond donors (Lipinski definition) is 1. The lowest BCUT2D eigenvalue weighted by Gasteiger charge is -2.24. The van der Waals surface area contributed by atoms with Crippen LogP contribution in [0, 0.1) is 6.92 Å². The van der Waals surface area contributed by atoms with Gasteiger partial charge in [-0.25, -0.2) is 9.97 Å². The minimum absolute atomic E-state index is 0.0151. The van der Waals surface area contributed by atoms with E-state index in [-0.39, 0.29) is 18.0 Å². The second-order valence-corrected chi connectivity index (χ2v) is 7.16. The zero-order chi connectivity index (χ0) is 14.9. The number of thiophene rings is 1. The third-order valence-corrected chi connectivity index (χ3v) is 3.65. The van der Waals surface area contributed by atoms with E-state index in [0.717, 1.165) is 16.0 Å². The summed E-state index contributed by atoms with van der Waals surface area (Å²) >= 11 is 1.63. The summed E-state index contributed by atoms with van der Waals surface area (Å²) in [5.74, 6) is 0.780. The summed E-state index contributed by atoms with van der Waals surface area (Å²) in [6.07, 6.45) is 1.55. The van der Waals surface area contributed by atoms with Crippen molar-refractivity contribution in [2.75, 3.05) is 18.5 Å². The van der Waals surface area contributed by atoms with E-state index in [1.54, 1.807) is 17.7 Å². The van der Waals surface area contributed by atoms with Crippen molar-refractivity contribution in [2.24, 2.45) is 0 Å². The van der Waals surface area contributed by atoms with Gasteiger partial charge in [-0.1, -0.05) is 0 Å². The lowest BCUT2D eigenvalue weighted by atomic mass is 10.1. The normalized spacial score (nSPS) is 11.7. The lowest BCUT2D eigenvalue weighted by molar-refractivity contribution is -0.121. The number of hydrogen-bond acceptors (Lipinski definition) is 5. The van der Waals surface area contributed by atoms with Crippen molar-refractivity contribution >= 4 is 33.3 Å². The first-order valence-electron chi connectivity index (χ1n) is 6.49. The fourth-order valence-electron chi connectivity index (χ4n) is 2.02. The summed E-state index contributed by atoms with van der Waals surface area (Å²) in [5.41, 5.74) is -0.224. The van der Waals surface area contributed by atoms with Crippen LogP contribution in [0.15, 0.2) is 12.4 Å². The van der Waals surface area contributed by atoms with E-state index in [1.807, 2.05) is 39.6 Å². The van der Waals surface area contributed by atoms with E-state index >= 15 is 0 Å². The van der Waals surface area contributed by atoms with Crippen LogP contribution < -0.4 is 10.2 Å². The molecule has 0 spiro atoms. The largest absolute Gasteiger partial charge is 0.350 e. The Labute approximate surface area is 123 Å². The van der Waals surface area contributed by atoms with Crippen LogP contribution in [0.5, 0.6) is 0 Å². The van der Waals surface area contributed by atoms with Crippen molar-refractivity contribution < 1.29 is 4.79 Å². The van der Waals surface area contributed by atoms with Crippen molar-refractivity contribution in [1.82, 2.24) is 15.3 Å². The Bertz CT molecular complexity index is 630. The number of amides is 1. The number of aromatic nitrogens is 2. The standard InChI is InChI=1S/C14H20N4OS/c1-9-6-10-12(15-8-16-13(10)20-9)18(5)7-11(19)17-14(2,3)4/h6,8H,7H2,1-5H3,(H,17,19).